The number of benzene rings is 1. The Labute approximate surface area is 131 Å². The van der Waals surface area contributed by atoms with Crippen molar-refractivity contribution in [3.05, 3.63) is 28.8 Å². The number of ether oxygens (including phenoxy) is 1. The first kappa shape index (κ1) is 17.8. The van der Waals surface area contributed by atoms with Gasteiger partial charge in [0.05, 0.1) is 0 Å². The van der Waals surface area contributed by atoms with Gasteiger partial charge in [-0.2, -0.15) is 0 Å². The number of carbonyl (C=O) groups excluding carboxylic acids is 1. The van der Waals surface area contributed by atoms with Crippen LogP contribution in [0.4, 0.5) is 0 Å². The molecule has 0 fully saturated rings. The van der Waals surface area contributed by atoms with Crippen LogP contribution in [-0.2, 0) is 4.79 Å². The number of rotatable bonds is 7. The Morgan fingerprint density at radius 2 is 2.05 bits per heavy atom. The van der Waals surface area contributed by atoms with Crippen molar-refractivity contribution in [3.8, 4) is 5.75 Å². The zero-order valence-corrected chi connectivity index (χ0v) is 13.9. The number of halogens is 1. The summed E-state index contributed by atoms with van der Waals surface area (Å²) in [6.45, 7) is 8.14. The first-order chi connectivity index (χ1) is 9.86. The average Bonchev–Trinajstić information content (AvgIpc) is 2.41. The van der Waals surface area contributed by atoms with Crippen LogP contribution in [-0.4, -0.2) is 41.2 Å². The molecule has 0 radical (unpaired) electrons. The van der Waals surface area contributed by atoms with E-state index in [2.05, 4.69) is 0 Å². The third kappa shape index (κ3) is 5.21. The zero-order valence-electron chi connectivity index (χ0n) is 13.1. The van der Waals surface area contributed by atoms with Gasteiger partial charge in [0.25, 0.3) is 5.91 Å². The van der Waals surface area contributed by atoms with Gasteiger partial charge in [-0.25, -0.2) is 0 Å². The Balaban J connectivity index is 2.76. The van der Waals surface area contributed by atoms with Gasteiger partial charge in [-0.3, -0.25) is 4.79 Å². The highest BCUT2D eigenvalue weighted by molar-refractivity contribution is 6.30. The Morgan fingerprint density at radius 3 is 2.57 bits per heavy atom. The van der Waals surface area contributed by atoms with E-state index in [1.54, 1.807) is 30.0 Å². The standard InChI is InChI=1S/C16H24ClNO3/c1-11(2)18(8-5-9-19)16(20)13(4)21-15-7-6-14(17)10-12(15)3/h6-7,10-11,13,19H,5,8-9H2,1-4H3. The normalized spacial score (nSPS) is 12.3. The van der Waals surface area contributed by atoms with Crippen molar-refractivity contribution >= 4 is 17.5 Å². The van der Waals surface area contributed by atoms with Crippen molar-refractivity contribution in [2.75, 3.05) is 13.2 Å². The first-order valence-corrected chi connectivity index (χ1v) is 7.58. The van der Waals surface area contributed by atoms with Crippen molar-refractivity contribution < 1.29 is 14.6 Å². The van der Waals surface area contributed by atoms with Gasteiger partial charge < -0.3 is 14.7 Å². The van der Waals surface area contributed by atoms with Crippen molar-refractivity contribution in [1.82, 2.24) is 4.90 Å². The minimum absolute atomic E-state index is 0.0708. The summed E-state index contributed by atoms with van der Waals surface area (Å²) in [6.07, 6.45) is -0.0117. The predicted octanol–water partition coefficient (Wildman–Crippen LogP) is 3.04. The Bertz CT molecular complexity index is 477. The lowest BCUT2D eigenvalue weighted by Crippen LogP contribution is -2.45. The molecule has 4 nitrogen and oxygen atoms in total. The highest BCUT2D eigenvalue weighted by atomic mass is 35.5. The van der Waals surface area contributed by atoms with Crippen LogP contribution in [0.25, 0.3) is 0 Å². The van der Waals surface area contributed by atoms with Crippen molar-refractivity contribution in [3.63, 3.8) is 0 Å². The summed E-state index contributed by atoms with van der Waals surface area (Å²) < 4.78 is 5.76. The van der Waals surface area contributed by atoms with E-state index in [1.807, 2.05) is 20.8 Å². The average molecular weight is 314 g/mol. The van der Waals surface area contributed by atoms with Crippen LogP contribution in [0.5, 0.6) is 5.75 Å². The maximum Gasteiger partial charge on any atom is 0.263 e. The summed E-state index contributed by atoms with van der Waals surface area (Å²) in [4.78, 5) is 14.2. The molecule has 1 aromatic carbocycles. The van der Waals surface area contributed by atoms with E-state index in [0.29, 0.717) is 23.7 Å². The fourth-order valence-electron chi connectivity index (χ4n) is 2.08. The van der Waals surface area contributed by atoms with Crippen LogP contribution >= 0.6 is 11.6 Å². The number of carbonyl (C=O) groups is 1. The maximum atomic E-state index is 12.5. The van der Waals surface area contributed by atoms with E-state index in [0.717, 1.165) is 5.56 Å². The van der Waals surface area contributed by atoms with Crippen LogP contribution in [0.1, 0.15) is 32.8 Å². The molecule has 0 aliphatic carbocycles. The molecular weight excluding hydrogens is 290 g/mol. The lowest BCUT2D eigenvalue weighted by molar-refractivity contribution is -0.139. The molecule has 0 bridgehead atoms. The van der Waals surface area contributed by atoms with Crippen LogP contribution < -0.4 is 4.74 Å². The third-order valence-corrected chi connectivity index (χ3v) is 3.49. The van der Waals surface area contributed by atoms with Crippen molar-refractivity contribution in [2.24, 2.45) is 0 Å². The van der Waals surface area contributed by atoms with Gasteiger partial charge in [0.2, 0.25) is 0 Å². The van der Waals surface area contributed by atoms with E-state index in [9.17, 15) is 4.79 Å². The fraction of sp³-hybridized carbons (Fsp3) is 0.562. The Hall–Kier alpha value is -1.26. The van der Waals surface area contributed by atoms with Gasteiger partial charge in [0.1, 0.15) is 5.75 Å². The number of aliphatic hydroxyl groups excluding tert-OH is 1. The smallest absolute Gasteiger partial charge is 0.263 e. The molecule has 0 heterocycles. The Kier molecular flexibility index (Phi) is 6.99. The molecule has 1 rings (SSSR count). The molecule has 0 saturated carbocycles. The van der Waals surface area contributed by atoms with Gasteiger partial charge in [0, 0.05) is 24.2 Å². The number of nitrogens with zero attached hydrogens (tertiary/aromatic N) is 1. The first-order valence-electron chi connectivity index (χ1n) is 7.21. The number of aryl methyl sites for hydroxylation is 1. The van der Waals surface area contributed by atoms with Gasteiger partial charge in [-0.05, 0) is 57.9 Å². The number of hydrogen-bond acceptors (Lipinski definition) is 3. The molecule has 0 aromatic heterocycles. The van der Waals surface area contributed by atoms with E-state index < -0.39 is 6.10 Å². The van der Waals surface area contributed by atoms with E-state index in [4.69, 9.17) is 21.4 Å². The molecule has 1 unspecified atom stereocenters. The minimum Gasteiger partial charge on any atom is -0.481 e. The lowest BCUT2D eigenvalue weighted by Gasteiger charge is -2.29. The summed E-state index contributed by atoms with van der Waals surface area (Å²) in [6, 6.07) is 5.39. The second-order valence-electron chi connectivity index (χ2n) is 5.37. The number of hydrogen-bond donors (Lipinski definition) is 1. The molecule has 5 heteroatoms. The van der Waals surface area contributed by atoms with E-state index in [-0.39, 0.29) is 18.6 Å². The molecule has 1 atom stereocenters. The monoisotopic (exact) mass is 313 g/mol. The summed E-state index contributed by atoms with van der Waals surface area (Å²) >= 11 is 5.91. The maximum absolute atomic E-state index is 12.5. The van der Waals surface area contributed by atoms with Gasteiger partial charge in [-0.1, -0.05) is 11.6 Å². The summed E-state index contributed by atoms with van der Waals surface area (Å²) in [5.41, 5.74) is 0.897. The second-order valence-corrected chi connectivity index (χ2v) is 5.81. The topological polar surface area (TPSA) is 49.8 Å². The van der Waals surface area contributed by atoms with Gasteiger partial charge in [-0.15, -0.1) is 0 Å². The molecule has 1 N–H and O–H groups in total. The van der Waals surface area contributed by atoms with Gasteiger partial charge >= 0.3 is 0 Å². The molecule has 0 aliphatic rings. The van der Waals surface area contributed by atoms with E-state index >= 15 is 0 Å². The molecule has 1 aromatic rings. The van der Waals surface area contributed by atoms with Crippen LogP contribution in [0, 0.1) is 6.92 Å². The minimum atomic E-state index is -0.578. The molecular formula is C16H24ClNO3. The largest absolute Gasteiger partial charge is 0.481 e. The van der Waals surface area contributed by atoms with E-state index in [1.165, 1.54) is 0 Å². The quantitative estimate of drug-likeness (QED) is 0.841. The fourth-order valence-corrected chi connectivity index (χ4v) is 2.31. The number of aliphatic hydroxyl groups is 1. The third-order valence-electron chi connectivity index (χ3n) is 3.25. The molecule has 118 valence electrons. The van der Waals surface area contributed by atoms with Crippen LogP contribution in [0.2, 0.25) is 5.02 Å². The van der Waals surface area contributed by atoms with Crippen molar-refractivity contribution in [1.29, 1.82) is 0 Å². The highest BCUT2D eigenvalue weighted by Gasteiger charge is 2.24. The van der Waals surface area contributed by atoms with Crippen LogP contribution in [0.15, 0.2) is 18.2 Å². The molecule has 0 saturated heterocycles. The predicted molar refractivity (Wildman–Crippen MR) is 84.8 cm³/mol. The zero-order chi connectivity index (χ0) is 16.0. The lowest BCUT2D eigenvalue weighted by atomic mass is 10.2. The molecule has 0 aliphatic heterocycles. The molecule has 1 amide bonds. The van der Waals surface area contributed by atoms with Gasteiger partial charge in [0.15, 0.2) is 6.10 Å². The summed E-state index contributed by atoms with van der Waals surface area (Å²) in [5.74, 6) is 0.582. The summed E-state index contributed by atoms with van der Waals surface area (Å²) in [7, 11) is 0. The van der Waals surface area contributed by atoms with Crippen molar-refractivity contribution in [2.45, 2.75) is 46.3 Å². The highest BCUT2D eigenvalue weighted by Crippen LogP contribution is 2.23. The summed E-state index contributed by atoms with van der Waals surface area (Å²) in [5, 5.41) is 9.58. The molecule has 0 spiro atoms. The second kappa shape index (κ2) is 8.25. The SMILES string of the molecule is Cc1cc(Cl)ccc1OC(C)C(=O)N(CCCO)C(C)C. The van der Waals surface area contributed by atoms with Crippen LogP contribution in [0.3, 0.4) is 0 Å². The number of amides is 1. The molecule has 21 heavy (non-hydrogen) atoms. The Morgan fingerprint density at radius 1 is 1.38 bits per heavy atom.